The van der Waals surface area contributed by atoms with Crippen molar-refractivity contribution < 1.29 is 4.39 Å². The van der Waals surface area contributed by atoms with Crippen LogP contribution in [0.25, 0.3) is 10.8 Å². The van der Waals surface area contributed by atoms with Gasteiger partial charge in [-0.05, 0) is 41.0 Å². The Labute approximate surface area is 136 Å². The van der Waals surface area contributed by atoms with E-state index in [2.05, 4.69) is 41.1 Å². The van der Waals surface area contributed by atoms with Gasteiger partial charge in [0, 0.05) is 10.6 Å². The fourth-order valence-corrected chi connectivity index (χ4v) is 3.87. The average molecular weight is 364 g/mol. The number of hydrogen-bond acceptors (Lipinski definition) is 0. The maximum atomic E-state index is 14.2. The number of benzene rings is 3. The van der Waals surface area contributed by atoms with E-state index < -0.39 is 0 Å². The summed E-state index contributed by atoms with van der Waals surface area (Å²) in [7, 11) is 0. The molecule has 0 aliphatic carbocycles. The smallest absolute Gasteiger partial charge is 0.129 e. The highest BCUT2D eigenvalue weighted by atomic mass is 79.9. The zero-order valence-corrected chi connectivity index (χ0v) is 13.7. The molecular weight excluding hydrogens is 351 g/mol. The highest BCUT2D eigenvalue weighted by Gasteiger charge is 2.20. The van der Waals surface area contributed by atoms with Crippen molar-refractivity contribution >= 4 is 38.3 Å². The van der Waals surface area contributed by atoms with Gasteiger partial charge in [0.1, 0.15) is 5.82 Å². The number of alkyl halides is 1. The molecule has 3 aromatic rings. The molecule has 1 atom stereocenters. The van der Waals surface area contributed by atoms with Gasteiger partial charge in [-0.2, -0.15) is 0 Å². The molecule has 0 amide bonds. The summed E-state index contributed by atoms with van der Waals surface area (Å²) in [6, 6.07) is 17.0. The van der Waals surface area contributed by atoms with Crippen LogP contribution in [0, 0.1) is 12.7 Å². The van der Waals surface area contributed by atoms with Gasteiger partial charge in [0.2, 0.25) is 0 Å². The molecular formula is C18H13BrClF. The minimum atomic E-state index is -0.297. The minimum absolute atomic E-state index is 0.281. The van der Waals surface area contributed by atoms with E-state index in [-0.39, 0.29) is 10.6 Å². The Kier molecular flexibility index (Phi) is 4.01. The summed E-state index contributed by atoms with van der Waals surface area (Å²) < 4.78 is 14.2. The molecule has 0 nitrogen and oxygen atoms in total. The van der Waals surface area contributed by atoms with Crippen LogP contribution in [-0.2, 0) is 0 Å². The van der Waals surface area contributed by atoms with E-state index in [1.54, 1.807) is 12.1 Å². The molecule has 3 aromatic carbocycles. The molecule has 0 heterocycles. The Morgan fingerprint density at radius 3 is 2.38 bits per heavy atom. The first kappa shape index (κ1) is 14.6. The van der Waals surface area contributed by atoms with Crippen molar-refractivity contribution in [1.29, 1.82) is 0 Å². The second-order valence-electron chi connectivity index (χ2n) is 5.02. The van der Waals surface area contributed by atoms with Crippen molar-refractivity contribution in [3.8, 4) is 0 Å². The van der Waals surface area contributed by atoms with E-state index >= 15 is 0 Å². The minimum Gasteiger partial charge on any atom is -0.207 e. The number of hydrogen-bond donors (Lipinski definition) is 0. The molecule has 0 saturated heterocycles. The molecule has 0 saturated carbocycles. The molecule has 0 radical (unpaired) electrons. The molecule has 0 spiro atoms. The lowest BCUT2D eigenvalue weighted by Gasteiger charge is -2.17. The van der Waals surface area contributed by atoms with Crippen molar-refractivity contribution in [1.82, 2.24) is 0 Å². The second-order valence-corrected chi connectivity index (χ2v) is 6.34. The molecule has 0 aliphatic heterocycles. The summed E-state index contributed by atoms with van der Waals surface area (Å²) in [6.07, 6.45) is 0. The van der Waals surface area contributed by atoms with Crippen LogP contribution < -0.4 is 0 Å². The summed E-state index contributed by atoms with van der Waals surface area (Å²) in [4.78, 5) is -0.281. The van der Waals surface area contributed by atoms with E-state index in [1.165, 1.54) is 17.0 Å². The standard InChI is InChI=1S/C18H13BrClF/c1-11-9-10-14(13-6-3-2-5-12(11)13)18(19)17-15(20)7-4-8-16(17)21/h2-10,18H,1H3. The molecule has 0 N–H and O–H groups in total. The Morgan fingerprint density at radius 2 is 1.67 bits per heavy atom. The largest absolute Gasteiger partial charge is 0.207 e. The maximum absolute atomic E-state index is 14.2. The van der Waals surface area contributed by atoms with Gasteiger partial charge < -0.3 is 0 Å². The lowest BCUT2D eigenvalue weighted by Crippen LogP contribution is -1.99. The predicted octanol–water partition coefficient (Wildman–Crippen LogP) is 6.43. The maximum Gasteiger partial charge on any atom is 0.129 e. The van der Waals surface area contributed by atoms with Crippen LogP contribution >= 0.6 is 27.5 Å². The van der Waals surface area contributed by atoms with Crippen molar-refractivity contribution in [3.05, 3.63) is 82.1 Å². The van der Waals surface area contributed by atoms with Crippen LogP contribution in [0.4, 0.5) is 4.39 Å². The van der Waals surface area contributed by atoms with Gasteiger partial charge in [-0.3, -0.25) is 0 Å². The Balaban J connectivity index is 2.23. The van der Waals surface area contributed by atoms with E-state index in [0.29, 0.717) is 10.6 Å². The second kappa shape index (κ2) is 5.78. The van der Waals surface area contributed by atoms with Crippen LogP contribution in [0.3, 0.4) is 0 Å². The average Bonchev–Trinajstić information content (AvgIpc) is 2.47. The first-order chi connectivity index (χ1) is 10.1. The van der Waals surface area contributed by atoms with Gasteiger partial charge in [-0.1, -0.05) is 70.0 Å². The molecule has 21 heavy (non-hydrogen) atoms. The third-order valence-electron chi connectivity index (χ3n) is 3.70. The predicted molar refractivity (Wildman–Crippen MR) is 90.9 cm³/mol. The molecule has 3 heteroatoms. The quantitative estimate of drug-likeness (QED) is 0.460. The van der Waals surface area contributed by atoms with Crippen LogP contribution in [-0.4, -0.2) is 0 Å². The van der Waals surface area contributed by atoms with E-state index in [0.717, 1.165) is 10.9 Å². The number of fused-ring (bicyclic) bond motifs is 1. The summed E-state index contributed by atoms with van der Waals surface area (Å²) in [5, 5.41) is 2.71. The first-order valence-corrected chi connectivity index (χ1v) is 7.95. The highest BCUT2D eigenvalue weighted by molar-refractivity contribution is 9.09. The fraction of sp³-hybridized carbons (Fsp3) is 0.111. The van der Waals surface area contributed by atoms with Gasteiger partial charge >= 0.3 is 0 Å². The Hall–Kier alpha value is -1.38. The van der Waals surface area contributed by atoms with Crippen LogP contribution in [0.15, 0.2) is 54.6 Å². The van der Waals surface area contributed by atoms with Crippen LogP contribution in [0.5, 0.6) is 0 Å². The number of halogens is 3. The monoisotopic (exact) mass is 362 g/mol. The van der Waals surface area contributed by atoms with E-state index in [9.17, 15) is 4.39 Å². The summed E-state index contributed by atoms with van der Waals surface area (Å²) in [6.45, 7) is 2.07. The normalized spacial score (nSPS) is 12.6. The van der Waals surface area contributed by atoms with E-state index in [1.807, 2.05) is 18.2 Å². The number of rotatable bonds is 2. The van der Waals surface area contributed by atoms with Crippen molar-refractivity contribution in [2.45, 2.75) is 11.8 Å². The molecule has 0 aromatic heterocycles. The Bertz CT molecular complexity index is 793. The van der Waals surface area contributed by atoms with Gasteiger partial charge in [0.25, 0.3) is 0 Å². The summed E-state index contributed by atoms with van der Waals surface area (Å²) in [5.41, 5.74) is 2.70. The SMILES string of the molecule is Cc1ccc(C(Br)c2c(F)cccc2Cl)c2ccccc12. The third-order valence-corrected chi connectivity index (χ3v) is 4.98. The number of aryl methyl sites for hydroxylation is 1. The fourth-order valence-electron chi connectivity index (χ4n) is 2.60. The van der Waals surface area contributed by atoms with Gasteiger partial charge in [0.15, 0.2) is 0 Å². The summed E-state index contributed by atoms with van der Waals surface area (Å²) in [5.74, 6) is -0.297. The van der Waals surface area contributed by atoms with Crippen molar-refractivity contribution in [2.24, 2.45) is 0 Å². The van der Waals surface area contributed by atoms with Gasteiger partial charge in [-0.15, -0.1) is 0 Å². The molecule has 0 fully saturated rings. The lowest BCUT2D eigenvalue weighted by molar-refractivity contribution is 0.614. The van der Waals surface area contributed by atoms with Crippen molar-refractivity contribution in [3.63, 3.8) is 0 Å². The van der Waals surface area contributed by atoms with Gasteiger partial charge in [0.05, 0.1) is 4.83 Å². The topological polar surface area (TPSA) is 0 Å². The van der Waals surface area contributed by atoms with Gasteiger partial charge in [-0.25, -0.2) is 4.39 Å². The highest BCUT2D eigenvalue weighted by Crippen LogP contribution is 2.40. The zero-order chi connectivity index (χ0) is 15.0. The lowest BCUT2D eigenvalue weighted by atomic mass is 9.95. The van der Waals surface area contributed by atoms with Crippen molar-refractivity contribution in [2.75, 3.05) is 0 Å². The molecule has 0 aliphatic rings. The molecule has 106 valence electrons. The zero-order valence-electron chi connectivity index (χ0n) is 11.4. The first-order valence-electron chi connectivity index (χ1n) is 6.66. The van der Waals surface area contributed by atoms with E-state index in [4.69, 9.17) is 11.6 Å². The third kappa shape index (κ3) is 2.58. The molecule has 1 unspecified atom stereocenters. The molecule has 3 rings (SSSR count). The van der Waals surface area contributed by atoms with Crippen LogP contribution in [0.1, 0.15) is 21.5 Å². The Morgan fingerprint density at radius 1 is 0.952 bits per heavy atom. The summed E-state index contributed by atoms with van der Waals surface area (Å²) >= 11 is 9.80. The molecule has 0 bridgehead atoms. The van der Waals surface area contributed by atoms with Crippen LogP contribution in [0.2, 0.25) is 5.02 Å².